The predicted octanol–water partition coefficient (Wildman–Crippen LogP) is 14.6. The van der Waals surface area contributed by atoms with Crippen molar-refractivity contribution in [2.45, 2.75) is 61.0 Å². The average molecular weight is 1420 g/mol. The standard InChI is InChI=1S/C32H32Cl2F6N6S2.C32H38Cl2N6O2S2/c33-27-13-23(15-47-29-41-17-45(18-42-29)9-7-21-3-1-5-25(11-21)31(35,36)37)24(14-28(27)34)16-48-30-43-19-46(20-44-30)10-8-22-4-2-6-26(12-22)32(38,39)40;1-41-27-7-3-5-23(13-27)9-11-39-19-35-31(36-20-39)43-17-25-15-29(33)30(34)16-26(25)18-44-32-37-21-40(22-38-32)12-10-24-6-4-8-28(14-24)42-2/h1-6,11-14H,7-10,15-20H2,(H,41,42)(H,43,44);3-8,13-16H,9-12,17-22H2,1-2H3,(H,35,36)(H,37,38). The van der Waals surface area contributed by atoms with Crippen LogP contribution in [0.2, 0.25) is 20.1 Å². The summed E-state index contributed by atoms with van der Waals surface area (Å²) in [5.74, 6) is 4.46. The van der Waals surface area contributed by atoms with Crippen molar-refractivity contribution in [2.75, 3.05) is 93.7 Å². The first-order valence-electron chi connectivity index (χ1n) is 29.4. The zero-order valence-electron chi connectivity index (χ0n) is 50.5. The number of thioether (sulfide) groups is 4. The lowest BCUT2D eigenvalue weighted by atomic mass is 10.1. The predicted molar refractivity (Wildman–Crippen MR) is 370 cm³/mol. The van der Waals surface area contributed by atoms with Gasteiger partial charge in [-0.1, -0.05) is 154 Å². The Labute approximate surface area is 570 Å². The summed E-state index contributed by atoms with van der Waals surface area (Å²) in [6, 6.07) is 34.9. The molecule has 4 N–H and O–H groups in total. The van der Waals surface area contributed by atoms with Crippen LogP contribution in [-0.2, 0) is 61.0 Å². The Balaban J connectivity index is 0.000000218. The van der Waals surface area contributed by atoms with Gasteiger partial charge in [-0.2, -0.15) is 26.3 Å². The maximum atomic E-state index is 13.0. The Bertz CT molecular complexity index is 3350. The van der Waals surface area contributed by atoms with Crippen LogP contribution in [0.5, 0.6) is 11.5 Å². The Morgan fingerprint density at radius 3 is 0.891 bits per heavy atom. The number of amidine groups is 4. The van der Waals surface area contributed by atoms with Crippen LogP contribution in [-0.4, -0.2) is 134 Å². The van der Waals surface area contributed by atoms with Gasteiger partial charge in [0.1, 0.15) is 11.5 Å². The van der Waals surface area contributed by atoms with Crippen molar-refractivity contribution in [3.63, 3.8) is 0 Å². The highest BCUT2D eigenvalue weighted by molar-refractivity contribution is 8.14. The third-order valence-electron chi connectivity index (χ3n) is 15.1. The van der Waals surface area contributed by atoms with Crippen molar-refractivity contribution in [2.24, 2.45) is 20.0 Å². The molecule has 10 rings (SSSR count). The van der Waals surface area contributed by atoms with Crippen molar-refractivity contribution < 1.29 is 35.8 Å². The number of hydrogen-bond acceptors (Lipinski definition) is 18. The van der Waals surface area contributed by atoms with Gasteiger partial charge < -0.3 is 30.7 Å². The van der Waals surface area contributed by atoms with E-state index >= 15 is 0 Å². The van der Waals surface area contributed by atoms with E-state index in [2.05, 4.69) is 65.3 Å². The van der Waals surface area contributed by atoms with Crippen LogP contribution in [0.3, 0.4) is 0 Å². The highest BCUT2D eigenvalue weighted by atomic mass is 35.5. The Hall–Kier alpha value is -5.22. The van der Waals surface area contributed by atoms with Crippen LogP contribution in [0.15, 0.2) is 141 Å². The van der Waals surface area contributed by atoms with Crippen LogP contribution >= 0.6 is 93.5 Å². The van der Waals surface area contributed by atoms with Gasteiger partial charge in [0.2, 0.25) is 0 Å². The monoisotopic (exact) mass is 1420 g/mol. The highest BCUT2D eigenvalue weighted by Gasteiger charge is 2.32. The van der Waals surface area contributed by atoms with Gasteiger partial charge in [-0.15, -0.1) is 0 Å². The molecule has 0 fully saturated rings. The van der Waals surface area contributed by atoms with Gasteiger partial charge in [-0.25, -0.2) is 20.0 Å². The van der Waals surface area contributed by atoms with E-state index in [1.54, 1.807) is 49.9 Å². The van der Waals surface area contributed by atoms with E-state index in [9.17, 15) is 26.3 Å². The van der Waals surface area contributed by atoms with Crippen LogP contribution in [0.1, 0.15) is 55.6 Å². The summed E-state index contributed by atoms with van der Waals surface area (Å²) in [5, 5.41) is 19.0. The SMILES string of the molecule is COc1cccc(CCN2CN=C(SCc3cc(Cl)c(Cl)cc3CSC3=NCN(CCc4cccc(OC)c4)CN3)NC2)c1.FC(F)(F)c1cccc(CCN2CN=C(SCc3cc(Cl)c(Cl)cc3CSC3=NCN(CCc4cccc(C(F)(F)F)c4)CN3)NC2)c1. The number of nitrogens with zero attached hydrogens (tertiary/aromatic N) is 8. The minimum atomic E-state index is -4.36. The van der Waals surface area contributed by atoms with Crippen molar-refractivity contribution in [1.29, 1.82) is 0 Å². The zero-order chi connectivity index (χ0) is 65.0. The topological polar surface area (TPSA) is 129 Å². The molecule has 0 saturated heterocycles. The number of alkyl halides is 6. The molecule has 0 amide bonds. The van der Waals surface area contributed by atoms with E-state index in [1.807, 2.05) is 58.3 Å². The van der Waals surface area contributed by atoms with Crippen molar-refractivity contribution in [1.82, 2.24) is 40.9 Å². The van der Waals surface area contributed by atoms with E-state index in [0.29, 0.717) is 109 Å². The second-order valence-corrected chi connectivity index (χ2v) is 27.1. The summed E-state index contributed by atoms with van der Waals surface area (Å²) in [4.78, 5) is 27.4. The fraction of sp³-hybridized carbons (Fsp3) is 0.375. The molecule has 0 unspecified atom stereocenters. The van der Waals surface area contributed by atoms with Gasteiger partial charge >= 0.3 is 12.4 Å². The quantitative estimate of drug-likeness (QED) is 0.0481. The van der Waals surface area contributed by atoms with E-state index in [4.69, 9.17) is 65.9 Å². The van der Waals surface area contributed by atoms with Gasteiger partial charge in [0.15, 0.2) is 20.7 Å². The van der Waals surface area contributed by atoms with Crippen LogP contribution < -0.4 is 30.7 Å². The van der Waals surface area contributed by atoms with E-state index < -0.39 is 23.5 Å². The number of benzene rings is 6. The Morgan fingerprint density at radius 2 is 0.652 bits per heavy atom. The van der Waals surface area contributed by atoms with Gasteiger partial charge in [-0.3, -0.25) is 19.6 Å². The molecule has 0 bridgehead atoms. The maximum Gasteiger partial charge on any atom is 0.416 e. The molecule has 0 spiro atoms. The molecule has 0 radical (unpaired) electrons. The molecule has 0 aromatic heterocycles. The molecule has 6 aromatic carbocycles. The van der Waals surface area contributed by atoms with Crippen LogP contribution in [0.25, 0.3) is 0 Å². The smallest absolute Gasteiger partial charge is 0.416 e. The maximum absolute atomic E-state index is 13.0. The first-order valence-corrected chi connectivity index (χ1v) is 34.8. The fourth-order valence-corrected chi connectivity index (χ4v) is 14.0. The lowest BCUT2D eigenvalue weighted by Gasteiger charge is -2.27. The molecule has 92 heavy (non-hydrogen) atoms. The number of nitrogens with one attached hydrogen (secondary N) is 4. The lowest BCUT2D eigenvalue weighted by molar-refractivity contribution is -0.138. The first kappa shape index (κ1) is 71.1. The van der Waals surface area contributed by atoms with Gasteiger partial charge in [0, 0.05) is 49.2 Å². The summed E-state index contributed by atoms with van der Waals surface area (Å²) in [5.41, 5.74) is 6.78. The summed E-state index contributed by atoms with van der Waals surface area (Å²) in [6.07, 6.45) is -5.88. The number of rotatable bonds is 22. The molecule has 0 saturated carbocycles. The number of methoxy groups -OCH3 is 2. The average Bonchev–Trinajstić information content (AvgIpc) is 2.22. The number of halogens is 10. The third-order valence-corrected chi connectivity index (χ3v) is 20.5. The van der Waals surface area contributed by atoms with E-state index in [1.165, 1.54) is 58.9 Å². The van der Waals surface area contributed by atoms with Gasteiger partial charge in [0.25, 0.3) is 0 Å². The number of ether oxygens (including phenoxy) is 2. The normalized spacial score (nSPS) is 16.0. The molecule has 0 aliphatic carbocycles. The Kier molecular flexibility index (Phi) is 27.0. The molecule has 4 heterocycles. The summed E-state index contributed by atoms with van der Waals surface area (Å²) in [6.45, 7) is 7.77. The zero-order valence-corrected chi connectivity index (χ0v) is 56.8. The largest absolute Gasteiger partial charge is 0.497 e. The summed E-state index contributed by atoms with van der Waals surface area (Å²) >= 11 is 32.0. The molecular weight excluding hydrogens is 1350 g/mol. The molecular formula is C64H70Cl4F6N12O2S4. The highest BCUT2D eigenvalue weighted by Crippen LogP contribution is 2.35. The summed E-state index contributed by atoms with van der Waals surface area (Å²) in [7, 11) is 3.40. The molecule has 28 heteroatoms. The second-order valence-electron chi connectivity index (χ2n) is 21.7. The molecule has 4 aliphatic rings. The second kappa shape index (κ2) is 35.0. The van der Waals surface area contributed by atoms with Crippen molar-refractivity contribution >= 4 is 114 Å². The third kappa shape index (κ3) is 22.5. The summed E-state index contributed by atoms with van der Waals surface area (Å²) < 4.78 is 88.8. The van der Waals surface area contributed by atoms with Crippen molar-refractivity contribution in [3.05, 3.63) is 197 Å². The minimum absolute atomic E-state index is 0.431. The molecule has 14 nitrogen and oxygen atoms in total. The van der Waals surface area contributed by atoms with E-state index in [-0.39, 0.29) is 0 Å². The van der Waals surface area contributed by atoms with E-state index in [0.717, 1.165) is 117 Å². The molecule has 492 valence electrons. The van der Waals surface area contributed by atoms with Crippen molar-refractivity contribution in [3.8, 4) is 11.5 Å². The minimum Gasteiger partial charge on any atom is -0.497 e. The van der Waals surface area contributed by atoms with Gasteiger partial charge in [-0.05, 0) is 131 Å². The fourth-order valence-electron chi connectivity index (χ4n) is 9.78. The van der Waals surface area contributed by atoms with Crippen LogP contribution in [0.4, 0.5) is 26.3 Å². The Morgan fingerprint density at radius 1 is 0.391 bits per heavy atom. The molecule has 4 aliphatic heterocycles. The number of hydrogen-bond donors (Lipinski definition) is 4. The van der Waals surface area contributed by atoms with Crippen LogP contribution in [0, 0.1) is 0 Å². The molecule has 6 aromatic rings. The van der Waals surface area contributed by atoms with Gasteiger partial charge in [0.05, 0.1) is 98.8 Å². The first-order chi connectivity index (χ1) is 44.3. The molecule has 0 atom stereocenters. The number of aliphatic imine (C=N–C) groups is 4. The lowest BCUT2D eigenvalue weighted by Crippen LogP contribution is -2.42.